The number of hydrogen-bond acceptors (Lipinski definition) is 1. The average Bonchev–Trinajstić information content (AvgIpc) is 2.53. The maximum atomic E-state index is 7.75. The highest BCUT2D eigenvalue weighted by Gasteiger charge is 2.48. The van der Waals surface area contributed by atoms with Crippen molar-refractivity contribution in [1.29, 1.82) is 5.41 Å². The van der Waals surface area contributed by atoms with Crippen LogP contribution in [0.4, 0.5) is 0 Å². The van der Waals surface area contributed by atoms with Crippen LogP contribution in [0.3, 0.4) is 0 Å². The molecule has 1 aliphatic carbocycles. The molecule has 0 bridgehead atoms. The van der Waals surface area contributed by atoms with Crippen LogP contribution < -0.4 is 0 Å². The minimum Gasteiger partial charge on any atom is -0.357 e. The standard InChI is InChI=1S/C11H20N2/c1-8(12)13-7-11(2,3)9-5-4-6-10(9)13/h9-10,12H,4-7H2,1-3H3. The van der Waals surface area contributed by atoms with Gasteiger partial charge in [0, 0.05) is 12.6 Å². The molecular formula is C11H20N2. The summed E-state index contributed by atoms with van der Waals surface area (Å²) in [5.74, 6) is 1.61. The third kappa shape index (κ3) is 1.27. The molecule has 2 aliphatic rings. The van der Waals surface area contributed by atoms with Gasteiger partial charge in [-0.3, -0.25) is 5.41 Å². The fraction of sp³-hybridized carbons (Fsp3) is 0.909. The van der Waals surface area contributed by atoms with Crippen LogP contribution in [0.15, 0.2) is 0 Å². The first-order chi connectivity index (χ1) is 6.02. The second-order valence-electron chi connectivity index (χ2n) is 5.31. The number of likely N-dealkylation sites (tertiary alicyclic amines) is 1. The molecule has 2 atom stereocenters. The third-order valence-electron chi connectivity index (χ3n) is 3.89. The van der Waals surface area contributed by atoms with E-state index in [-0.39, 0.29) is 0 Å². The van der Waals surface area contributed by atoms with Crippen LogP contribution in [0, 0.1) is 16.7 Å². The Balaban J connectivity index is 2.23. The first-order valence-electron chi connectivity index (χ1n) is 5.34. The van der Waals surface area contributed by atoms with Gasteiger partial charge in [-0.05, 0) is 31.1 Å². The lowest BCUT2D eigenvalue weighted by Gasteiger charge is -2.24. The Labute approximate surface area is 80.8 Å². The molecule has 0 aromatic rings. The van der Waals surface area contributed by atoms with Gasteiger partial charge in [-0.1, -0.05) is 20.3 Å². The van der Waals surface area contributed by atoms with Gasteiger partial charge >= 0.3 is 0 Å². The highest BCUT2D eigenvalue weighted by Crippen LogP contribution is 2.48. The van der Waals surface area contributed by atoms with E-state index in [0.717, 1.165) is 18.3 Å². The molecule has 0 amide bonds. The Bertz CT molecular complexity index is 232. The summed E-state index contributed by atoms with van der Waals surface area (Å²) in [5, 5.41) is 7.75. The smallest absolute Gasteiger partial charge is 0.0928 e. The normalized spacial score (nSPS) is 36.4. The Morgan fingerprint density at radius 2 is 2.08 bits per heavy atom. The van der Waals surface area contributed by atoms with E-state index >= 15 is 0 Å². The Morgan fingerprint density at radius 3 is 2.69 bits per heavy atom. The lowest BCUT2D eigenvalue weighted by molar-refractivity contribution is 0.277. The van der Waals surface area contributed by atoms with E-state index in [9.17, 15) is 0 Å². The third-order valence-corrected chi connectivity index (χ3v) is 3.89. The van der Waals surface area contributed by atoms with Crippen LogP contribution in [0.5, 0.6) is 0 Å². The van der Waals surface area contributed by atoms with Crippen molar-refractivity contribution in [1.82, 2.24) is 4.90 Å². The number of amidine groups is 1. The van der Waals surface area contributed by atoms with Gasteiger partial charge in [-0.2, -0.15) is 0 Å². The summed E-state index contributed by atoms with van der Waals surface area (Å²) in [6.07, 6.45) is 4.05. The fourth-order valence-electron chi connectivity index (χ4n) is 3.27. The van der Waals surface area contributed by atoms with Crippen molar-refractivity contribution in [3.05, 3.63) is 0 Å². The zero-order chi connectivity index (χ0) is 9.64. The molecule has 13 heavy (non-hydrogen) atoms. The molecule has 0 spiro atoms. The second kappa shape index (κ2) is 2.73. The zero-order valence-electron chi connectivity index (χ0n) is 8.93. The van der Waals surface area contributed by atoms with E-state index in [2.05, 4.69) is 18.7 Å². The lowest BCUT2D eigenvalue weighted by Crippen LogP contribution is -2.33. The zero-order valence-corrected chi connectivity index (χ0v) is 8.93. The monoisotopic (exact) mass is 180 g/mol. The number of rotatable bonds is 0. The van der Waals surface area contributed by atoms with Gasteiger partial charge in [0.15, 0.2) is 0 Å². The van der Waals surface area contributed by atoms with Gasteiger partial charge in [-0.15, -0.1) is 0 Å². The number of fused-ring (bicyclic) bond motifs is 1. The highest BCUT2D eigenvalue weighted by atomic mass is 15.2. The Kier molecular flexibility index (Phi) is 1.90. The molecule has 74 valence electrons. The molecule has 1 N–H and O–H groups in total. The molecule has 0 radical (unpaired) electrons. The first kappa shape index (κ1) is 9.04. The van der Waals surface area contributed by atoms with Crippen molar-refractivity contribution in [3.63, 3.8) is 0 Å². The van der Waals surface area contributed by atoms with Crippen molar-refractivity contribution in [3.8, 4) is 0 Å². The van der Waals surface area contributed by atoms with Crippen LogP contribution >= 0.6 is 0 Å². The summed E-state index contributed by atoms with van der Waals surface area (Å²) in [6, 6.07) is 0.688. The van der Waals surface area contributed by atoms with Crippen molar-refractivity contribution in [2.24, 2.45) is 11.3 Å². The Hall–Kier alpha value is -0.530. The van der Waals surface area contributed by atoms with Crippen molar-refractivity contribution < 1.29 is 0 Å². The summed E-state index contributed by atoms with van der Waals surface area (Å²) in [5.41, 5.74) is 0.434. The van der Waals surface area contributed by atoms with E-state index in [0.29, 0.717) is 11.5 Å². The summed E-state index contributed by atoms with van der Waals surface area (Å²) in [7, 11) is 0. The molecule has 1 aliphatic heterocycles. The van der Waals surface area contributed by atoms with Gasteiger partial charge in [0.2, 0.25) is 0 Å². The van der Waals surface area contributed by atoms with Gasteiger partial charge in [0.1, 0.15) is 0 Å². The molecule has 1 saturated carbocycles. The van der Waals surface area contributed by atoms with Crippen LogP contribution in [0.25, 0.3) is 0 Å². The minimum atomic E-state index is 0.434. The highest BCUT2D eigenvalue weighted by molar-refractivity contribution is 5.77. The van der Waals surface area contributed by atoms with Crippen molar-refractivity contribution in [2.75, 3.05) is 6.54 Å². The van der Waals surface area contributed by atoms with Crippen LogP contribution in [0.1, 0.15) is 40.0 Å². The molecule has 0 aromatic heterocycles. The summed E-state index contributed by atoms with van der Waals surface area (Å²) < 4.78 is 0. The predicted molar refractivity (Wildman–Crippen MR) is 55.0 cm³/mol. The second-order valence-corrected chi connectivity index (χ2v) is 5.31. The predicted octanol–water partition coefficient (Wildman–Crippen LogP) is 2.49. The van der Waals surface area contributed by atoms with Gasteiger partial charge < -0.3 is 4.90 Å². The average molecular weight is 180 g/mol. The summed E-state index contributed by atoms with van der Waals surface area (Å²) in [4.78, 5) is 2.32. The SMILES string of the molecule is CC(=N)N1CC(C)(C)C2CCCC21. The molecule has 1 heterocycles. The fourth-order valence-corrected chi connectivity index (χ4v) is 3.27. The van der Waals surface area contributed by atoms with Gasteiger partial charge in [0.05, 0.1) is 5.84 Å². The summed E-state index contributed by atoms with van der Waals surface area (Å²) in [6.45, 7) is 7.74. The lowest BCUT2D eigenvalue weighted by atomic mass is 9.80. The number of nitrogens with zero attached hydrogens (tertiary/aromatic N) is 1. The quantitative estimate of drug-likeness (QED) is 0.450. The minimum absolute atomic E-state index is 0.434. The molecular weight excluding hydrogens is 160 g/mol. The van der Waals surface area contributed by atoms with E-state index in [1.54, 1.807) is 0 Å². The topological polar surface area (TPSA) is 27.1 Å². The summed E-state index contributed by atoms with van der Waals surface area (Å²) >= 11 is 0. The molecule has 1 saturated heterocycles. The maximum absolute atomic E-state index is 7.75. The van der Waals surface area contributed by atoms with Crippen LogP contribution in [-0.2, 0) is 0 Å². The van der Waals surface area contributed by atoms with Crippen molar-refractivity contribution >= 4 is 5.84 Å². The molecule has 2 rings (SSSR count). The van der Waals surface area contributed by atoms with Crippen LogP contribution in [0.2, 0.25) is 0 Å². The molecule has 2 fully saturated rings. The van der Waals surface area contributed by atoms with Gasteiger partial charge in [0.25, 0.3) is 0 Å². The maximum Gasteiger partial charge on any atom is 0.0928 e. The molecule has 2 unspecified atom stereocenters. The van der Waals surface area contributed by atoms with E-state index in [1.807, 2.05) is 6.92 Å². The first-order valence-corrected chi connectivity index (χ1v) is 5.34. The number of nitrogens with one attached hydrogen (secondary N) is 1. The Morgan fingerprint density at radius 1 is 1.38 bits per heavy atom. The molecule has 2 nitrogen and oxygen atoms in total. The molecule has 0 aromatic carbocycles. The van der Waals surface area contributed by atoms with Crippen molar-refractivity contribution in [2.45, 2.75) is 46.1 Å². The molecule has 2 heteroatoms. The largest absolute Gasteiger partial charge is 0.357 e. The number of hydrogen-bond donors (Lipinski definition) is 1. The van der Waals surface area contributed by atoms with Gasteiger partial charge in [-0.25, -0.2) is 0 Å². The van der Waals surface area contributed by atoms with E-state index in [4.69, 9.17) is 5.41 Å². The van der Waals surface area contributed by atoms with E-state index < -0.39 is 0 Å². The van der Waals surface area contributed by atoms with Crippen LogP contribution in [-0.4, -0.2) is 23.3 Å². The van der Waals surface area contributed by atoms with E-state index in [1.165, 1.54) is 19.3 Å².